The van der Waals surface area contributed by atoms with Gasteiger partial charge >= 0.3 is 0 Å². The monoisotopic (exact) mass is 439 g/mol. The van der Waals surface area contributed by atoms with Crippen LogP contribution in [0.25, 0.3) is 16.9 Å². The van der Waals surface area contributed by atoms with E-state index in [0.29, 0.717) is 5.56 Å². The van der Waals surface area contributed by atoms with Crippen LogP contribution in [0.2, 0.25) is 5.02 Å². The van der Waals surface area contributed by atoms with Crippen molar-refractivity contribution in [2.75, 3.05) is 18.6 Å². The zero-order chi connectivity index (χ0) is 22.1. The molecule has 0 unspecified atom stereocenters. The van der Waals surface area contributed by atoms with Gasteiger partial charge in [0, 0.05) is 25.2 Å². The van der Waals surface area contributed by atoms with Crippen molar-refractivity contribution in [1.82, 2.24) is 4.57 Å². The number of para-hydroxylation sites is 2. The Kier molecular flexibility index (Phi) is 5.34. The highest BCUT2D eigenvalue weighted by atomic mass is 35.5. The van der Waals surface area contributed by atoms with Crippen molar-refractivity contribution in [3.8, 4) is 28.8 Å². The van der Waals surface area contributed by atoms with Crippen molar-refractivity contribution in [3.05, 3.63) is 101 Å². The fraction of sp³-hybridized carbons (Fsp3) is 0.148. The molecule has 0 saturated heterocycles. The molecule has 0 spiro atoms. The van der Waals surface area contributed by atoms with Crippen LogP contribution in [0.4, 0.5) is 5.69 Å². The number of rotatable bonds is 4. The molecule has 0 aliphatic carbocycles. The second kappa shape index (κ2) is 8.45. The molecule has 0 fully saturated rings. The van der Waals surface area contributed by atoms with Gasteiger partial charge in [0.05, 0.1) is 34.8 Å². The third kappa shape index (κ3) is 3.51. The van der Waals surface area contributed by atoms with Gasteiger partial charge in [-0.25, -0.2) is 0 Å². The molecule has 3 aromatic carbocycles. The Hall–Kier alpha value is -3.68. The quantitative estimate of drug-likeness (QED) is 0.378. The Labute approximate surface area is 192 Å². The number of hydrogen-bond donors (Lipinski definition) is 0. The number of ether oxygens (including phenoxy) is 1. The largest absolute Gasteiger partial charge is 0.497 e. The molecule has 0 amide bonds. The molecule has 5 rings (SSSR count). The molecular formula is C27H22ClN3O. The van der Waals surface area contributed by atoms with Crippen LogP contribution >= 0.6 is 11.6 Å². The third-order valence-corrected chi connectivity index (χ3v) is 6.34. The minimum absolute atomic E-state index is 0.705. The van der Waals surface area contributed by atoms with Crippen LogP contribution in [0.1, 0.15) is 16.8 Å². The van der Waals surface area contributed by atoms with Gasteiger partial charge < -0.3 is 14.2 Å². The summed E-state index contributed by atoms with van der Waals surface area (Å²) in [6, 6.07) is 28.5. The van der Waals surface area contributed by atoms with Crippen LogP contribution in [0.3, 0.4) is 0 Å². The molecule has 32 heavy (non-hydrogen) atoms. The minimum Gasteiger partial charge on any atom is -0.497 e. The lowest BCUT2D eigenvalue weighted by molar-refractivity contribution is 0.415. The van der Waals surface area contributed by atoms with E-state index in [9.17, 15) is 5.26 Å². The lowest BCUT2D eigenvalue weighted by Gasteiger charge is -2.30. The number of benzene rings is 3. The second-order valence-electron chi connectivity index (χ2n) is 7.82. The molecule has 0 bridgehead atoms. The van der Waals surface area contributed by atoms with Crippen molar-refractivity contribution in [1.29, 1.82) is 5.26 Å². The Balaban J connectivity index is 1.63. The molecule has 4 nitrogen and oxygen atoms in total. The van der Waals surface area contributed by atoms with Gasteiger partial charge in [-0.05, 0) is 65.7 Å². The maximum absolute atomic E-state index is 9.56. The average Bonchev–Trinajstić information content (AvgIpc) is 3.23. The maximum atomic E-state index is 9.56. The summed E-state index contributed by atoms with van der Waals surface area (Å²) < 4.78 is 7.63. The van der Waals surface area contributed by atoms with E-state index >= 15 is 0 Å². The zero-order valence-electron chi connectivity index (χ0n) is 17.8. The Morgan fingerprint density at radius 3 is 2.38 bits per heavy atom. The summed E-state index contributed by atoms with van der Waals surface area (Å²) in [7, 11) is 1.67. The van der Waals surface area contributed by atoms with Crippen LogP contribution in [0.15, 0.2) is 78.9 Å². The second-order valence-corrected chi connectivity index (χ2v) is 8.22. The SMILES string of the molecule is COc1ccc(-c2cc3c(n2-c2ccccc2Cl)CCN(c2ccccc2C#N)C3)cc1. The van der Waals surface area contributed by atoms with E-state index in [0.717, 1.165) is 52.9 Å². The van der Waals surface area contributed by atoms with Crippen LogP contribution in [0, 0.1) is 11.3 Å². The lowest BCUT2D eigenvalue weighted by Crippen LogP contribution is -2.31. The highest BCUT2D eigenvalue weighted by molar-refractivity contribution is 6.32. The lowest BCUT2D eigenvalue weighted by atomic mass is 10.0. The summed E-state index contributed by atoms with van der Waals surface area (Å²) in [5.41, 5.74) is 7.37. The fourth-order valence-corrected chi connectivity index (χ4v) is 4.69. The minimum atomic E-state index is 0.705. The molecule has 1 aliphatic heterocycles. The van der Waals surface area contributed by atoms with Crippen LogP contribution in [-0.2, 0) is 13.0 Å². The zero-order valence-corrected chi connectivity index (χ0v) is 18.5. The highest BCUT2D eigenvalue weighted by Crippen LogP contribution is 2.37. The van der Waals surface area contributed by atoms with E-state index in [-0.39, 0.29) is 0 Å². The molecule has 158 valence electrons. The van der Waals surface area contributed by atoms with Gasteiger partial charge in [0.2, 0.25) is 0 Å². The van der Waals surface area contributed by atoms with E-state index in [1.54, 1.807) is 7.11 Å². The van der Waals surface area contributed by atoms with E-state index in [1.807, 2.05) is 54.6 Å². The molecule has 4 aromatic rings. The number of hydrogen-bond acceptors (Lipinski definition) is 3. The van der Waals surface area contributed by atoms with E-state index in [2.05, 4.69) is 39.8 Å². The average molecular weight is 440 g/mol. The number of halogens is 1. The first-order valence-electron chi connectivity index (χ1n) is 10.6. The summed E-state index contributed by atoms with van der Waals surface area (Å²) >= 11 is 6.64. The highest BCUT2D eigenvalue weighted by Gasteiger charge is 2.25. The van der Waals surface area contributed by atoms with Gasteiger partial charge in [-0.3, -0.25) is 0 Å². The molecule has 0 radical (unpaired) electrons. The van der Waals surface area contributed by atoms with Gasteiger partial charge in [0.1, 0.15) is 11.8 Å². The van der Waals surface area contributed by atoms with E-state index in [4.69, 9.17) is 16.3 Å². The molecule has 2 heterocycles. The summed E-state index contributed by atoms with van der Waals surface area (Å²) in [5.74, 6) is 0.827. The Bertz CT molecular complexity index is 1320. The Morgan fingerprint density at radius 1 is 0.938 bits per heavy atom. The molecule has 0 atom stereocenters. The summed E-state index contributed by atoms with van der Waals surface area (Å²) in [5, 5.41) is 10.3. The van der Waals surface area contributed by atoms with Crippen LogP contribution in [-0.4, -0.2) is 18.2 Å². The molecule has 1 aliphatic rings. The van der Waals surface area contributed by atoms with Gasteiger partial charge in [0.25, 0.3) is 0 Å². The number of methoxy groups -OCH3 is 1. The van der Waals surface area contributed by atoms with Crippen LogP contribution < -0.4 is 9.64 Å². The smallest absolute Gasteiger partial charge is 0.118 e. The summed E-state index contributed by atoms with van der Waals surface area (Å²) in [4.78, 5) is 2.29. The Morgan fingerprint density at radius 2 is 1.66 bits per heavy atom. The van der Waals surface area contributed by atoms with Gasteiger partial charge in [0.15, 0.2) is 0 Å². The molecule has 0 saturated carbocycles. The first-order valence-corrected chi connectivity index (χ1v) is 10.9. The molecular weight excluding hydrogens is 418 g/mol. The molecule has 5 heteroatoms. The fourth-order valence-electron chi connectivity index (χ4n) is 4.47. The van der Waals surface area contributed by atoms with Crippen molar-refractivity contribution in [3.63, 3.8) is 0 Å². The van der Waals surface area contributed by atoms with Crippen molar-refractivity contribution in [2.24, 2.45) is 0 Å². The van der Waals surface area contributed by atoms with Gasteiger partial charge in [-0.1, -0.05) is 35.9 Å². The van der Waals surface area contributed by atoms with Crippen LogP contribution in [0.5, 0.6) is 5.75 Å². The third-order valence-electron chi connectivity index (χ3n) is 6.02. The predicted octanol–water partition coefficient (Wildman–Crippen LogP) is 6.24. The van der Waals surface area contributed by atoms with Crippen molar-refractivity contribution < 1.29 is 4.74 Å². The van der Waals surface area contributed by atoms with Crippen molar-refractivity contribution in [2.45, 2.75) is 13.0 Å². The van der Waals surface area contributed by atoms with E-state index < -0.39 is 0 Å². The maximum Gasteiger partial charge on any atom is 0.118 e. The number of nitriles is 1. The summed E-state index contributed by atoms with van der Waals surface area (Å²) in [6.07, 6.45) is 0.858. The number of anilines is 1. The van der Waals surface area contributed by atoms with Crippen molar-refractivity contribution >= 4 is 17.3 Å². The van der Waals surface area contributed by atoms with E-state index in [1.165, 1.54) is 11.3 Å². The number of aromatic nitrogens is 1. The van der Waals surface area contributed by atoms with Gasteiger partial charge in [-0.15, -0.1) is 0 Å². The normalized spacial score (nSPS) is 12.8. The number of fused-ring (bicyclic) bond motifs is 1. The standard InChI is InChI=1S/C27H22ClN3O/c1-32-22-12-10-19(11-13-22)27-16-21-18-30(24-8-4-2-6-20(24)17-29)15-14-25(21)31(27)26-9-5-3-7-23(26)28/h2-13,16H,14-15,18H2,1H3. The first-order chi connectivity index (χ1) is 15.7. The van der Waals surface area contributed by atoms with Gasteiger partial charge in [-0.2, -0.15) is 5.26 Å². The predicted molar refractivity (Wildman–Crippen MR) is 129 cm³/mol. The number of nitrogens with zero attached hydrogens (tertiary/aromatic N) is 3. The first kappa shape index (κ1) is 20.2. The molecule has 0 N–H and O–H groups in total. The summed E-state index contributed by atoms with van der Waals surface area (Å²) in [6.45, 7) is 1.58. The topological polar surface area (TPSA) is 41.2 Å². The molecule has 1 aromatic heterocycles.